The van der Waals surface area contributed by atoms with Gasteiger partial charge in [-0.05, 0) is 31.6 Å². The van der Waals surface area contributed by atoms with E-state index in [4.69, 9.17) is 0 Å². The molecule has 1 saturated carbocycles. The summed E-state index contributed by atoms with van der Waals surface area (Å²) in [5, 5.41) is 2.47. The molecule has 14 heavy (non-hydrogen) atoms. The summed E-state index contributed by atoms with van der Waals surface area (Å²) in [6.07, 6.45) is 4.00. The molecule has 2 heteroatoms. The average molecular weight is 196 g/mol. The second-order valence-corrected chi connectivity index (χ2v) is 5.31. The molecule has 82 valence electrons. The van der Waals surface area contributed by atoms with Gasteiger partial charge in [0.25, 0.3) is 0 Å². The molecule has 2 rings (SSSR count). The smallest absolute Gasteiger partial charge is 0.0546 e. The first kappa shape index (κ1) is 10.4. The molecule has 0 aromatic carbocycles. The minimum atomic E-state index is 0.556. The van der Waals surface area contributed by atoms with Gasteiger partial charge in [-0.25, -0.2) is 5.01 Å². The molecular formula is C12H24N2. The van der Waals surface area contributed by atoms with Crippen LogP contribution in [0.5, 0.6) is 0 Å². The molecule has 0 radical (unpaired) electrons. The maximum atomic E-state index is 3.58. The maximum Gasteiger partial charge on any atom is 0.0546 e. The van der Waals surface area contributed by atoms with Gasteiger partial charge in [0.05, 0.1) is 5.54 Å². The van der Waals surface area contributed by atoms with Crippen LogP contribution in [0.2, 0.25) is 0 Å². The lowest BCUT2D eigenvalue weighted by molar-refractivity contribution is 0.191. The molecule has 2 aliphatic rings. The lowest BCUT2D eigenvalue weighted by atomic mass is 10.1. The van der Waals surface area contributed by atoms with Gasteiger partial charge in [0.15, 0.2) is 0 Å². The molecule has 0 aromatic heterocycles. The van der Waals surface area contributed by atoms with Gasteiger partial charge >= 0.3 is 0 Å². The Bertz CT molecular complexity index is 216. The van der Waals surface area contributed by atoms with Crippen LogP contribution in [0.3, 0.4) is 0 Å². The Labute approximate surface area is 88.0 Å². The van der Waals surface area contributed by atoms with Crippen LogP contribution in [0, 0.1) is 11.8 Å². The van der Waals surface area contributed by atoms with E-state index in [0.717, 1.165) is 24.4 Å². The van der Waals surface area contributed by atoms with Crippen molar-refractivity contribution in [2.24, 2.45) is 11.8 Å². The topological polar surface area (TPSA) is 15.0 Å². The fraction of sp³-hybridized carbons (Fsp3) is 1.00. The van der Waals surface area contributed by atoms with Gasteiger partial charge in [-0.15, -0.1) is 0 Å². The number of nitrogens with one attached hydrogen (secondary N) is 1. The predicted octanol–water partition coefficient (Wildman–Crippen LogP) is 2.41. The summed E-state index contributed by atoms with van der Waals surface area (Å²) < 4.78 is 0. The third-order valence-corrected chi connectivity index (χ3v) is 4.18. The van der Waals surface area contributed by atoms with Gasteiger partial charge in [0.2, 0.25) is 0 Å². The van der Waals surface area contributed by atoms with Crippen molar-refractivity contribution >= 4 is 0 Å². The van der Waals surface area contributed by atoms with Gasteiger partial charge in [-0.1, -0.05) is 27.2 Å². The van der Waals surface area contributed by atoms with E-state index >= 15 is 0 Å². The number of hydrogen-bond donors (Lipinski definition) is 1. The summed E-state index contributed by atoms with van der Waals surface area (Å²) in [5.41, 5.74) is 4.14. The molecule has 1 heterocycles. The fourth-order valence-electron chi connectivity index (χ4n) is 3.02. The molecule has 1 saturated heterocycles. The van der Waals surface area contributed by atoms with Gasteiger partial charge in [0, 0.05) is 12.6 Å². The molecule has 0 bridgehead atoms. The van der Waals surface area contributed by atoms with Crippen molar-refractivity contribution in [1.29, 1.82) is 0 Å². The van der Waals surface area contributed by atoms with Crippen molar-refractivity contribution in [1.82, 2.24) is 10.4 Å². The van der Waals surface area contributed by atoms with E-state index in [1.807, 2.05) is 0 Å². The average Bonchev–Trinajstić information content (AvgIpc) is 2.92. The largest absolute Gasteiger partial charge is 0.254 e. The molecule has 2 nitrogen and oxygen atoms in total. The number of nitrogens with zero attached hydrogens (tertiary/aromatic N) is 1. The molecule has 1 N–H and O–H groups in total. The summed E-state index contributed by atoms with van der Waals surface area (Å²) in [6, 6.07) is 0.876. The van der Waals surface area contributed by atoms with E-state index in [-0.39, 0.29) is 0 Å². The summed E-state index contributed by atoms with van der Waals surface area (Å²) in [4.78, 5) is 0. The first-order valence-electron chi connectivity index (χ1n) is 6.19. The third-order valence-electron chi connectivity index (χ3n) is 4.18. The molecule has 5 atom stereocenters. The second kappa shape index (κ2) is 3.49. The van der Waals surface area contributed by atoms with Crippen molar-refractivity contribution in [2.75, 3.05) is 6.54 Å². The predicted molar refractivity (Wildman–Crippen MR) is 59.9 cm³/mol. The Hall–Kier alpha value is -0.0800. The Balaban J connectivity index is 1.62. The SMILES string of the molecule is CCCC(C)CNN1C2C(CC)C21C. The van der Waals surface area contributed by atoms with E-state index in [0.29, 0.717) is 5.54 Å². The molecular weight excluding hydrogens is 172 g/mol. The van der Waals surface area contributed by atoms with Crippen LogP contribution in [0.1, 0.15) is 47.0 Å². The van der Waals surface area contributed by atoms with Crippen molar-refractivity contribution in [3.8, 4) is 0 Å². The molecule has 1 aliphatic heterocycles. The Morgan fingerprint density at radius 2 is 2.07 bits per heavy atom. The van der Waals surface area contributed by atoms with Crippen LogP contribution in [-0.2, 0) is 0 Å². The highest BCUT2D eigenvalue weighted by molar-refractivity contribution is 5.35. The highest BCUT2D eigenvalue weighted by Gasteiger charge is 2.82. The molecule has 0 aromatic rings. The lowest BCUT2D eigenvalue weighted by Crippen LogP contribution is -2.38. The van der Waals surface area contributed by atoms with Gasteiger partial charge < -0.3 is 0 Å². The number of hydrogen-bond acceptors (Lipinski definition) is 2. The van der Waals surface area contributed by atoms with Crippen LogP contribution >= 0.6 is 0 Å². The number of rotatable bonds is 6. The van der Waals surface area contributed by atoms with Crippen LogP contribution in [0.25, 0.3) is 0 Å². The molecule has 0 spiro atoms. The van der Waals surface area contributed by atoms with E-state index in [1.54, 1.807) is 0 Å². The normalized spacial score (nSPS) is 45.9. The van der Waals surface area contributed by atoms with Gasteiger partial charge in [-0.3, -0.25) is 5.43 Å². The maximum absolute atomic E-state index is 3.58. The minimum absolute atomic E-state index is 0.556. The van der Waals surface area contributed by atoms with Crippen molar-refractivity contribution in [2.45, 2.75) is 58.5 Å². The monoisotopic (exact) mass is 196 g/mol. The first-order valence-corrected chi connectivity index (χ1v) is 6.19. The van der Waals surface area contributed by atoms with E-state index in [2.05, 4.69) is 38.1 Å². The van der Waals surface area contributed by atoms with Gasteiger partial charge in [-0.2, -0.15) is 0 Å². The summed E-state index contributed by atoms with van der Waals surface area (Å²) in [6.45, 7) is 10.5. The zero-order chi connectivity index (χ0) is 10.3. The summed E-state index contributed by atoms with van der Waals surface area (Å²) >= 11 is 0. The summed E-state index contributed by atoms with van der Waals surface area (Å²) in [7, 11) is 0. The molecule has 2 fully saturated rings. The van der Waals surface area contributed by atoms with Crippen LogP contribution in [0.4, 0.5) is 0 Å². The van der Waals surface area contributed by atoms with Crippen molar-refractivity contribution in [3.05, 3.63) is 0 Å². The highest BCUT2D eigenvalue weighted by Crippen LogP contribution is 2.67. The number of fused-ring (bicyclic) bond motifs is 1. The minimum Gasteiger partial charge on any atom is -0.254 e. The zero-order valence-corrected chi connectivity index (χ0v) is 10.0. The summed E-state index contributed by atoms with van der Waals surface area (Å²) in [5.74, 6) is 1.81. The first-order chi connectivity index (χ1) is 6.66. The van der Waals surface area contributed by atoms with Gasteiger partial charge in [0.1, 0.15) is 0 Å². The van der Waals surface area contributed by atoms with E-state index in [9.17, 15) is 0 Å². The molecule has 1 aliphatic carbocycles. The van der Waals surface area contributed by atoms with Crippen molar-refractivity contribution < 1.29 is 0 Å². The van der Waals surface area contributed by atoms with Crippen LogP contribution in [0.15, 0.2) is 0 Å². The fourth-order valence-corrected chi connectivity index (χ4v) is 3.02. The van der Waals surface area contributed by atoms with E-state index in [1.165, 1.54) is 19.3 Å². The van der Waals surface area contributed by atoms with Crippen LogP contribution < -0.4 is 5.43 Å². The lowest BCUT2D eigenvalue weighted by Gasteiger charge is -2.21. The second-order valence-electron chi connectivity index (χ2n) is 5.31. The standard InChI is InChI=1S/C12H24N2/c1-5-7-9(3)8-13-14-11-10(6-2)12(11,14)4/h9-11,13H,5-8H2,1-4H3. The quantitative estimate of drug-likeness (QED) is 0.656. The Kier molecular flexibility index (Phi) is 2.61. The molecule has 0 amide bonds. The van der Waals surface area contributed by atoms with Crippen molar-refractivity contribution in [3.63, 3.8) is 0 Å². The Morgan fingerprint density at radius 3 is 2.57 bits per heavy atom. The van der Waals surface area contributed by atoms with E-state index < -0.39 is 0 Å². The zero-order valence-electron chi connectivity index (χ0n) is 10.0. The third kappa shape index (κ3) is 1.40. The number of hydrazine groups is 1. The van der Waals surface area contributed by atoms with Crippen LogP contribution in [-0.4, -0.2) is 23.1 Å². The Morgan fingerprint density at radius 1 is 1.43 bits per heavy atom. The molecule has 5 unspecified atom stereocenters. The highest BCUT2D eigenvalue weighted by atomic mass is 15.7.